The van der Waals surface area contributed by atoms with Crippen LogP contribution in [0.3, 0.4) is 0 Å². The van der Waals surface area contributed by atoms with Gasteiger partial charge in [-0.15, -0.1) is 11.3 Å². The van der Waals surface area contributed by atoms with Crippen molar-refractivity contribution >= 4 is 44.8 Å². The van der Waals surface area contributed by atoms with Crippen molar-refractivity contribution < 1.29 is 4.79 Å². The molecule has 104 valence electrons. The number of nitrogens with zero attached hydrogens (tertiary/aromatic N) is 1. The summed E-state index contributed by atoms with van der Waals surface area (Å²) in [6, 6.07) is 11.8. The molecule has 1 atom stereocenters. The highest BCUT2D eigenvalue weighted by Gasteiger charge is 2.31. The molecule has 0 aliphatic carbocycles. The Morgan fingerprint density at radius 1 is 1.35 bits per heavy atom. The second kappa shape index (κ2) is 5.88. The Morgan fingerprint density at radius 2 is 2.20 bits per heavy atom. The van der Waals surface area contributed by atoms with Crippen molar-refractivity contribution in [1.82, 2.24) is 4.90 Å². The van der Waals surface area contributed by atoms with Crippen LogP contribution in [0, 0.1) is 0 Å². The molecule has 0 saturated carbocycles. The number of thiophene rings is 1. The van der Waals surface area contributed by atoms with Crippen molar-refractivity contribution in [3.8, 4) is 0 Å². The lowest BCUT2D eigenvalue weighted by Crippen LogP contribution is -2.29. The minimum Gasteiger partial charge on any atom is -0.331 e. The van der Waals surface area contributed by atoms with Crippen LogP contribution < -0.4 is 0 Å². The zero-order chi connectivity index (χ0) is 14.1. The van der Waals surface area contributed by atoms with Crippen LogP contribution in [0.25, 0.3) is 0 Å². The molecule has 0 N–H and O–H groups in total. The maximum atomic E-state index is 12.6. The smallest absolute Gasteiger partial charge is 0.264 e. The number of amides is 1. The largest absolute Gasteiger partial charge is 0.331 e. The van der Waals surface area contributed by atoms with Crippen molar-refractivity contribution in [3.63, 3.8) is 0 Å². The Kier molecular flexibility index (Phi) is 4.15. The molecule has 5 heteroatoms. The molecule has 1 aliphatic rings. The normalized spacial score (nSPS) is 18.5. The van der Waals surface area contributed by atoms with Crippen LogP contribution >= 0.6 is 38.9 Å². The minimum absolute atomic E-state index is 0.114. The number of carbonyl (C=O) groups excluding carboxylic acids is 1. The number of likely N-dealkylation sites (tertiary alicyclic amines) is 1. The summed E-state index contributed by atoms with van der Waals surface area (Å²) in [6.07, 6.45) is 2.04. The van der Waals surface area contributed by atoms with Crippen molar-refractivity contribution in [2.24, 2.45) is 0 Å². The standard InChI is InChI=1S/C15H13BrClNOS/c16-14-7-6-13(20-14)15(19)18-8-2-5-12(18)10-3-1-4-11(17)9-10/h1,3-4,6-7,9,12H,2,5,8H2. The molecule has 2 nitrogen and oxygen atoms in total. The van der Waals surface area contributed by atoms with E-state index in [1.807, 2.05) is 41.3 Å². The molecule has 1 fully saturated rings. The van der Waals surface area contributed by atoms with Gasteiger partial charge in [0.1, 0.15) is 0 Å². The van der Waals surface area contributed by atoms with E-state index in [1.54, 1.807) is 0 Å². The van der Waals surface area contributed by atoms with Crippen LogP contribution in [0.15, 0.2) is 40.2 Å². The topological polar surface area (TPSA) is 20.3 Å². The highest BCUT2D eigenvalue weighted by atomic mass is 79.9. The third-order valence-electron chi connectivity index (χ3n) is 3.53. The van der Waals surface area contributed by atoms with Gasteiger partial charge in [-0.25, -0.2) is 0 Å². The summed E-state index contributed by atoms with van der Waals surface area (Å²) < 4.78 is 0.986. The molecule has 20 heavy (non-hydrogen) atoms. The number of hydrogen-bond donors (Lipinski definition) is 0. The van der Waals surface area contributed by atoms with Crippen LogP contribution in [0.1, 0.15) is 34.1 Å². The molecular weight excluding hydrogens is 358 g/mol. The van der Waals surface area contributed by atoms with Crippen LogP contribution in [0.5, 0.6) is 0 Å². The van der Waals surface area contributed by atoms with Crippen molar-refractivity contribution in [2.45, 2.75) is 18.9 Å². The van der Waals surface area contributed by atoms with Crippen LogP contribution in [-0.4, -0.2) is 17.4 Å². The molecule has 3 rings (SSSR count). The fraction of sp³-hybridized carbons (Fsp3) is 0.267. The first-order chi connectivity index (χ1) is 9.65. The predicted octanol–water partition coefficient (Wildman–Crippen LogP) is 5.14. The van der Waals surface area contributed by atoms with E-state index in [4.69, 9.17) is 11.6 Å². The van der Waals surface area contributed by atoms with Gasteiger partial charge in [0.25, 0.3) is 5.91 Å². The Balaban J connectivity index is 1.87. The summed E-state index contributed by atoms with van der Waals surface area (Å²) in [4.78, 5) is 15.4. The second-order valence-electron chi connectivity index (χ2n) is 4.82. The fourth-order valence-corrected chi connectivity index (χ4v) is 4.18. The Morgan fingerprint density at radius 3 is 2.90 bits per heavy atom. The highest BCUT2D eigenvalue weighted by molar-refractivity contribution is 9.11. The first-order valence-corrected chi connectivity index (χ1v) is 8.45. The van der Waals surface area contributed by atoms with Crippen LogP contribution in [-0.2, 0) is 0 Å². The van der Waals surface area contributed by atoms with E-state index in [9.17, 15) is 4.79 Å². The fourth-order valence-electron chi connectivity index (χ4n) is 2.64. The second-order valence-corrected chi connectivity index (χ2v) is 7.71. The molecule has 2 aromatic rings. The van der Waals surface area contributed by atoms with E-state index in [0.717, 1.165) is 38.6 Å². The number of rotatable bonds is 2. The summed E-state index contributed by atoms with van der Waals surface area (Å²) in [7, 11) is 0. The van der Waals surface area contributed by atoms with E-state index < -0.39 is 0 Å². The van der Waals surface area contributed by atoms with Gasteiger partial charge in [-0.05, 0) is 58.6 Å². The van der Waals surface area contributed by atoms with Gasteiger partial charge < -0.3 is 4.90 Å². The number of halogens is 2. The maximum Gasteiger partial charge on any atom is 0.264 e. The number of benzene rings is 1. The summed E-state index contributed by atoms with van der Waals surface area (Å²) in [5, 5.41) is 0.723. The summed E-state index contributed by atoms with van der Waals surface area (Å²) in [5.74, 6) is 0.114. The minimum atomic E-state index is 0.114. The van der Waals surface area contributed by atoms with Crippen LogP contribution in [0.2, 0.25) is 5.02 Å². The molecule has 1 unspecified atom stereocenters. The first-order valence-electron chi connectivity index (χ1n) is 6.47. The Bertz CT molecular complexity index is 642. The lowest BCUT2D eigenvalue weighted by atomic mass is 10.0. The molecule has 0 radical (unpaired) electrons. The molecule has 0 spiro atoms. The van der Waals surface area contributed by atoms with Crippen molar-refractivity contribution in [2.75, 3.05) is 6.54 Å². The number of carbonyl (C=O) groups is 1. The number of hydrogen-bond acceptors (Lipinski definition) is 2. The van der Waals surface area contributed by atoms with E-state index in [-0.39, 0.29) is 11.9 Å². The molecule has 1 amide bonds. The summed E-state index contributed by atoms with van der Waals surface area (Å²) in [5.41, 5.74) is 1.12. The van der Waals surface area contributed by atoms with E-state index in [0.29, 0.717) is 0 Å². The Hall–Kier alpha value is -0.840. The van der Waals surface area contributed by atoms with E-state index >= 15 is 0 Å². The SMILES string of the molecule is O=C(c1ccc(Br)s1)N1CCCC1c1cccc(Cl)c1. The molecule has 2 heterocycles. The lowest BCUT2D eigenvalue weighted by Gasteiger charge is -2.24. The average Bonchev–Trinajstić information content (AvgIpc) is 3.06. The molecule has 1 aliphatic heterocycles. The summed E-state index contributed by atoms with van der Waals surface area (Å²) >= 11 is 11.0. The van der Waals surface area contributed by atoms with Gasteiger partial charge in [0.15, 0.2) is 0 Å². The molecule has 1 aromatic carbocycles. The van der Waals surface area contributed by atoms with Crippen molar-refractivity contribution in [3.05, 3.63) is 55.6 Å². The lowest BCUT2D eigenvalue weighted by molar-refractivity contribution is 0.0740. The average molecular weight is 371 g/mol. The van der Waals surface area contributed by atoms with Gasteiger partial charge in [0, 0.05) is 11.6 Å². The van der Waals surface area contributed by atoms with Gasteiger partial charge in [0.2, 0.25) is 0 Å². The Labute approximate surface area is 135 Å². The third-order valence-corrected chi connectivity index (χ3v) is 5.38. The zero-order valence-corrected chi connectivity index (χ0v) is 13.8. The van der Waals surface area contributed by atoms with E-state index in [1.165, 1.54) is 11.3 Å². The monoisotopic (exact) mass is 369 g/mol. The third kappa shape index (κ3) is 2.78. The highest BCUT2D eigenvalue weighted by Crippen LogP contribution is 2.35. The van der Waals surface area contributed by atoms with Gasteiger partial charge >= 0.3 is 0 Å². The first kappa shape index (κ1) is 14.1. The van der Waals surface area contributed by atoms with Gasteiger partial charge in [-0.3, -0.25) is 4.79 Å². The summed E-state index contributed by atoms with van der Waals surface area (Å²) in [6.45, 7) is 0.811. The predicted molar refractivity (Wildman–Crippen MR) is 86.5 cm³/mol. The quantitative estimate of drug-likeness (QED) is 0.716. The molecule has 1 saturated heterocycles. The van der Waals surface area contributed by atoms with Gasteiger partial charge in [0.05, 0.1) is 14.7 Å². The molecule has 0 bridgehead atoms. The zero-order valence-electron chi connectivity index (χ0n) is 10.7. The molecule has 1 aromatic heterocycles. The van der Waals surface area contributed by atoms with Gasteiger partial charge in [-0.1, -0.05) is 23.7 Å². The molecular formula is C15H13BrClNOS. The van der Waals surface area contributed by atoms with Crippen molar-refractivity contribution in [1.29, 1.82) is 0 Å². The van der Waals surface area contributed by atoms with Crippen LogP contribution in [0.4, 0.5) is 0 Å². The van der Waals surface area contributed by atoms with E-state index in [2.05, 4.69) is 15.9 Å². The maximum absolute atomic E-state index is 12.6. The van der Waals surface area contributed by atoms with Gasteiger partial charge in [-0.2, -0.15) is 0 Å².